The third-order valence-corrected chi connectivity index (χ3v) is 2.91. The third kappa shape index (κ3) is 1.42. The number of aromatic nitrogens is 2. The van der Waals surface area contributed by atoms with Crippen molar-refractivity contribution in [3.8, 4) is 10.4 Å². The molecule has 0 saturated heterocycles. The van der Waals surface area contributed by atoms with Crippen LogP contribution in [0.5, 0.6) is 0 Å². The van der Waals surface area contributed by atoms with Gasteiger partial charge in [-0.15, -0.1) is 11.3 Å². The summed E-state index contributed by atoms with van der Waals surface area (Å²) in [6.45, 7) is 1.91. The molecule has 5 heteroatoms. The van der Waals surface area contributed by atoms with Gasteiger partial charge in [-0.05, 0) is 13.0 Å². The molecule has 0 radical (unpaired) electrons. The van der Waals surface area contributed by atoms with Crippen molar-refractivity contribution >= 4 is 17.3 Å². The number of aromatic amines is 1. The second-order valence-electron chi connectivity index (χ2n) is 2.91. The molecule has 2 aromatic heterocycles. The van der Waals surface area contributed by atoms with Crippen LogP contribution in [0.4, 0.5) is 0 Å². The van der Waals surface area contributed by atoms with Gasteiger partial charge in [-0.25, -0.2) is 4.79 Å². The molecular formula is C9H8N2O2S. The van der Waals surface area contributed by atoms with Gasteiger partial charge in [-0.3, -0.25) is 5.10 Å². The largest absolute Gasteiger partial charge is 0.478 e. The van der Waals surface area contributed by atoms with E-state index in [1.54, 1.807) is 17.6 Å². The Bertz CT molecular complexity index is 473. The van der Waals surface area contributed by atoms with Gasteiger partial charge in [0, 0.05) is 21.5 Å². The molecule has 2 rings (SSSR count). The Morgan fingerprint density at radius 3 is 2.93 bits per heavy atom. The first-order valence-corrected chi connectivity index (χ1v) is 4.88. The van der Waals surface area contributed by atoms with E-state index >= 15 is 0 Å². The molecule has 0 aliphatic rings. The summed E-state index contributed by atoms with van der Waals surface area (Å²) in [6.07, 6.45) is 1.70. The maximum Gasteiger partial charge on any atom is 0.336 e. The number of hydrogen-bond donors (Lipinski definition) is 2. The van der Waals surface area contributed by atoms with E-state index in [2.05, 4.69) is 10.2 Å². The highest BCUT2D eigenvalue weighted by Crippen LogP contribution is 2.28. The number of carbonyl (C=O) groups is 1. The van der Waals surface area contributed by atoms with Gasteiger partial charge in [0.05, 0.1) is 11.8 Å². The first-order chi connectivity index (χ1) is 6.68. The van der Waals surface area contributed by atoms with Crippen LogP contribution in [0.1, 0.15) is 16.1 Å². The van der Waals surface area contributed by atoms with Crippen molar-refractivity contribution in [2.75, 3.05) is 0 Å². The second kappa shape index (κ2) is 3.26. The molecule has 0 spiro atoms. The Kier molecular flexibility index (Phi) is 2.09. The van der Waals surface area contributed by atoms with Gasteiger partial charge in [0.15, 0.2) is 0 Å². The zero-order chi connectivity index (χ0) is 10.1. The number of aryl methyl sites for hydroxylation is 1. The van der Waals surface area contributed by atoms with Crippen LogP contribution in [-0.2, 0) is 0 Å². The average Bonchev–Trinajstić information content (AvgIpc) is 2.71. The first-order valence-electron chi connectivity index (χ1n) is 4.00. The van der Waals surface area contributed by atoms with Crippen molar-refractivity contribution in [1.82, 2.24) is 10.2 Å². The van der Waals surface area contributed by atoms with Gasteiger partial charge in [0.1, 0.15) is 0 Å². The molecule has 0 fully saturated rings. The number of hydrogen-bond acceptors (Lipinski definition) is 3. The molecule has 4 nitrogen and oxygen atoms in total. The Morgan fingerprint density at radius 2 is 2.43 bits per heavy atom. The molecular weight excluding hydrogens is 200 g/mol. The molecule has 2 heterocycles. The van der Waals surface area contributed by atoms with Crippen LogP contribution in [-0.4, -0.2) is 21.3 Å². The highest BCUT2D eigenvalue weighted by Gasteiger charge is 2.10. The van der Waals surface area contributed by atoms with Crippen molar-refractivity contribution in [3.05, 3.63) is 28.9 Å². The van der Waals surface area contributed by atoms with Crippen molar-refractivity contribution in [2.45, 2.75) is 6.92 Å². The molecule has 0 saturated carbocycles. The number of carboxylic acids is 1. The SMILES string of the molecule is Cc1[nH]ncc1-c1cc(C(=O)O)cs1. The van der Waals surface area contributed by atoms with E-state index in [4.69, 9.17) is 5.11 Å². The zero-order valence-corrected chi connectivity index (χ0v) is 8.26. The van der Waals surface area contributed by atoms with E-state index in [9.17, 15) is 4.79 Å². The summed E-state index contributed by atoms with van der Waals surface area (Å²) in [5.41, 5.74) is 2.23. The van der Waals surface area contributed by atoms with Crippen LogP contribution in [0.15, 0.2) is 17.6 Å². The van der Waals surface area contributed by atoms with Crippen LogP contribution < -0.4 is 0 Å². The fourth-order valence-corrected chi connectivity index (χ4v) is 2.14. The number of carboxylic acid groups (broad SMARTS) is 1. The summed E-state index contributed by atoms with van der Waals surface area (Å²) in [6, 6.07) is 1.66. The highest BCUT2D eigenvalue weighted by molar-refractivity contribution is 7.13. The Labute approximate surface area is 84.2 Å². The molecule has 14 heavy (non-hydrogen) atoms. The van der Waals surface area contributed by atoms with Gasteiger partial charge in [-0.1, -0.05) is 0 Å². The minimum absolute atomic E-state index is 0.325. The minimum Gasteiger partial charge on any atom is -0.478 e. The number of H-pyrrole nitrogens is 1. The van der Waals surface area contributed by atoms with E-state index in [1.165, 1.54) is 11.3 Å². The summed E-state index contributed by atoms with van der Waals surface area (Å²) < 4.78 is 0. The standard InChI is InChI=1S/C9H8N2O2S/c1-5-7(3-10-11-5)8-2-6(4-14-8)9(12)13/h2-4H,1H3,(H,10,11)(H,12,13). The minimum atomic E-state index is -0.895. The summed E-state index contributed by atoms with van der Waals surface area (Å²) in [7, 11) is 0. The molecule has 0 unspecified atom stereocenters. The molecule has 2 N–H and O–H groups in total. The first kappa shape index (κ1) is 8.96. The lowest BCUT2D eigenvalue weighted by Gasteiger charge is -1.91. The zero-order valence-electron chi connectivity index (χ0n) is 7.44. The lowest BCUT2D eigenvalue weighted by atomic mass is 10.2. The lowest BCUT2D eigenvalue weighted by Crippen LogP contribution is -1.91. The number of aromatic carboxylic acids is 1. The van der Waals surface area contributed by atoms with E-state index in [0.717, 1.165) is 16.1 Å². The van der Waals surface area contributed by atoms with Gasteiger partial charge in [-0.2, -0.15) is 5.10 Å². The van der Waals surface area contributed by atoms with Gasteiger partial charge < -0.3 is 5.11 Å². The van der Waals surface area contributed by atoms with Crippen molar-refractivity contribution in [3.63, 3.8) is 0 Å². The average molecular weight is 208 g/mol. The summed E-state index contributed by atoms with van der Waals surface area (Å²) in [5, 5.41) is 17.1. The Morgan fingerprint density at radius 1 is 1.64 bits per heavy atom. The van der Waals surface area contributed by atoms with Crippen LogP contribution >= 0.6 is 11.3 Å². The van der Waals surface area contributed by atoms with E-state index < -0.39 is 5.97 Å². The van der Waals surface area contributed by atoms with Crippen LogP contribution in [0.25, 0.3) is 10.4 Å². The maximum atomic E-state index is 10.7. The summed E-state index contributed by atoms with van der Waals surface area (Å²) in [5.74, 6) is -0.895. The van der Waals surface area contributed by atoms with Crippen molar-refractivity contribution < 1.29 is 9.90 Å². The van der Waals surface area contributed by atoms with Gasteiger partial charge >= 0.3 is 5.97 Å². The fourth-order valence-electron chi connectivity index (χ4n) is 1.19. The molecule has 0 bridgehead atoms. The lowest BCUT2D eigenvalue weighted by molar-refractivity contribution is 0.0697. The van der Waals surface area contributed by atoms with E-state index in [1.807, 2.05) is 6.92 Å². The van der Waals surface area contributed by atoms with Crippen LogP contribution in [0, 0.1) is 6.92 Å². The maximum absolute atomic E-state index is 10.7. The third-order valence-electron chi connectivity index (χ3n) is 1.94. The smallest absolute Gasteiger partial charge is 0.336 e. The molecule has 2 aromatic rings. The highest BCUT2D eigenvalue weighted by atomic mass is 32.1. The normalized spacial score (nSPS) is 10.4. The van der Waals surface area contributed by atoms with E-state index in [-0.39, 0.29) is 0 Å². The predicted octanol–water partition coefficient (Wildman–Crippen LogP) is 2.14. The quantitative estimate of drug-likeness (QED) is 0.794. The molecule has 0 aliphatic heterocycles. The van der Waals surface area contributed by atoms with Crippen LogP contribution in [0.2, 0.25) is 0 Å². The number of thiophene rings is 1. The van der Waals surface area contributed by atoms with Gasteiger partial charge in [0.25, 0.3) is 0 Å². The van der Waals surface area contributed by atoms with Crippen molar-refractivity contribution in [1.29, 1.82) is 0 Å². The topological polar surface area (TPSA) is 66.0 Å². The number of nitrogens with one attached hydrogen (secondary N) is 1. The molecule has 0 amide bonds. The number of rotatable bonds is 2. The molecule has 72 valence electrons. The van der Waals surface area contributed by atoms with Gasteiger partial charge in [0.2, 0.25) is 0 Å². The summed E-state index contributed by atoms with van der Waals surface area (Å²) >= 11 is 1.41. The van der Waals surface area contributed by atoms with E-state index in [0.29, 0.717) is 5.56 Å². The Hall–Kier alpha value is -1.62. The Balaban J connectivity index is 2.43. The monoisotopic (exact) mass is 208 g/mol. The molecule has 0 atom stereocenters. The second-order valence-corrected chi connectivity index (χ2v) is 3.82. The molecule has 0 aliphatic carbocycles. The number of nitrogens with zero attached hydrogens (tertiary/aromatic N) is 1. The van der Waals surface area contributed by atoms with Crippen molar-refractivity contribution in [2.24, 2.45) is 0 Å². The predicted molar refractivity (Wildman–Crippen MR) is 53.6 cm³/mol. The summed E-state index contributed by atoms with van der Waals surface area (Å²) in [4.78, 5) is 11.6. The fraction of sp³-hybridized carbons (Fsp3) is 0.111. The molecule has 0 aromatic carbocycles. The van der Waals surface area contributed by atoms with Crippen LogP contribution in [0.3, 0.4) is 0 Å².